The van der Waals surface area contributed by atoms with Crippen LogP contribution in [0.4, 0.5) is 4.39 Å². The molecule has 1 heterocycles. The molecule has 14 heavy (non-hydrogen) atoms. The van der Waals surface area contributed by atoms with Crippen molar-refractivity contribution in [1.29, 1.82) is 0 Å². The second-order valence-electron chi connectivity index (χ2n) is 2.97. The van der Waals surface area contributed by atoms with E-state index in [1.807, 2.05) is 0 Å². The number of hydrogen-bond donors (Lipinski definition) is 2. The minimum atomic E-state index is -0.418. The maximum Gasteiger partial charge on any atom is 0.251 e. The van der Waals surface area contributed by atoms with Crippen LogP contribution in [0, 0.1) is 5.82 Å². The molecule has 2 rings (SSSR count). The van der Waals surface area contributed by atoms with E-state index in [2.05, 4.69) is 10.3 Å². The van der Waals surface area contributed by atoms with Gasteiger partial charge in [0.15, 0.2) is 0 Å². The van der Waals surface area contributed by atoms with Crippen LogP contribution in [0.1, 0.15) is 10.4 Å². The molecule has 0 aliphatic carbocycles. The number of rotatable bonds is 1. The predicted octanol–water partition coefficient (Wildman–Crippen LogP) is 1.67. The summed E-state index contributed by atoms with van der Waals surface area (Å²) in [5, 5.41) is 3.20. The van der Waals surface area contributed by atoms with Crippen LogP contribution in [-0.4, -0.2) is 17.9 Å². The summed E-state index contributed by atoms with van der Waals surface area (Å²) in [6.07, 6.45) is 1.68. The Bertz CT molecular complexity index is 490. The molecule has 0 unspecified atom stereocenters. The number of aromatic amines is 1. The van der Waals surface area contributed by atoms with Crippen LogP contribution < -0.4 is 5.32 Å². The second-order valence-corrected chi connectivity index (χ2v) is 2.97. The van der Waals surface area contributed by atoms with Gasteiger partial charge < -0.3 is 10.3 Å². The van der Waals surface area contributed by atoms with Crippen molar-refractivity contribution in [3.05, 3.63) is 35.8 Å². The van der Waals surface area contributed by atoms with Crippen molar-refractivity contribution >= 4 is 16.8 Å². The minimum absolute atomic E-state index is 0.283. The molecule has 0 fully saturated rings. The van der Waals surface area contributed by atoms with E-state index in [4.69, 9.17) is 0 Å². The van der Waals surface area contributed by atoms with Crippen LogP contribution in [0.25, 0.3) is 10.9 Å². The van der Waals surface area contributed by atoms with Crippen LogP contribution in [0.3, 0.4) is 0 Å². The van der Waals surface area contributed by atoms with E-state index in [-0.39, 0.29) is 5.91 Å². The lowest BCUT2D eigenvalue weighted by Gasteiger charge is -2.01. The van der Waals surface area contributed by atoms with E-state index in [0.29, 0.717) is 11.1 Å². The average Bonchev–Trinajstić information content (AvgIpc) is 2.62. The summed E-state index contributed by atoms with van der Waals surface area (Å²) in [7, 11) is 1.52. The lowest BCUT2D eigenvalue weighted by atomic mass is 10.1. The number of amides is 1. The number of nitrogens with one attached hydrogen (secondary N) is 2. The van der Waals surface area contributed by atoms with Gasteiger partial charge >= 0.3 is 0 Å². The van der Waals surface area contributed by atoms with Gasteiger partial charge in [-0.3, -0.25) is 4.79 Å². The summed E-state index contributed by atoms with van der Waals surface area (Å²) < 4.78 is 13.1. The molecule has 1 aromatic heterocycles. The minimum Gasteiger partial charge on any atom is -0.361 e. The Morgan fingerprint density at radius 1 is 1.50 bits per heavy atom. The van der Waals surface area contributed by atoms with E-state index >= 15 is 0 Å². The first-order valence-corrected chi connectivity index (χ1v) is 4.21. The zero-order valence-corrected chi connectivity index (χ0v) is 7.60. The first-order chi connectivity index (χ1) is 6.72. The van der Waals surface area contributed by atoms with Crippen LogP contribution in [0.2, 0.25) is 0 Å². The Kier molecular flexibility index (Phi) is 1.96. The fourth-order valence-electron chi connectivity index (χ4n) is 1.45. The van der Waals surface area contributed by atoms with E-state index < -0.39 is 5.82 Å². The van der Waals surface area contributed by atoms with Gasteiger partial charge in [-0.1, -0.05) is 0 Å². The number of H-pyrrole nitrogens is 1. The monoisotopic (exact) mass is 192 g/mol. The fourth-order valence-corrected chi connectivity index (χ4v) is 1.45. The molecule has 0 saturated carbocycles. The summed E-state index contributed by atoms with van der Waals surface area (Å²) in [6.45, 7) is 0. The van der Waals surface area contributed by atoms with Gasteiger partial charge in [-0.2, -0.15) is 0 Å². The zero-order chi connectivity index (χ0) is 10.1. The first kappa shape index (κ1) is 8.74. The first-order valence-electron chi connectivity index (χ1n) is 4.21. The van der Waals surface area contributed by atoms with Crippen molar-refractivity contribution in [3.63, 3.8) is 0 Å². The molecule has 0 saturated heterocycles. The third kappa shape index (κ3) is 1.25. The van der Waals surface area contributed by atoms with Gasteiger partial charge in [0.1, 0.15) is 5.82 Å². The number of carbonyl (C=O) groups excluding carboxylic acids is 1. The molecular weight excluding hydrogens is 183 g/mol. The van der Waals surface area contributed by atoms with Gasteiger partial charge in [-0.15, -0.1) is 0 Å². The highest BCUT2D eigenvalue weighted by Gasteiger charge is 2.10. The normalized spacial score (nSPS) is 10.4. The van der Waals surface area contributed by atoms with Crippen molar-refractivity contribution in [2.45, 2.75) is 0 Å². The Labute approximate surface area is 79.9 Å². The van der Waals surface area contributed by atoms with Crippen molar-refractivity contribution in [2.24, 2.45) is 0 Å². The number of carbonyl (C=O) groups is 1. The molecule has 2 N–H and O–H groups in total. The highest BCUT2D eigenvalue weighted by Crippen LogP contribution is 2.19. The van der Waals surface area contributed by atoms with Crippen LogP contribution in [-0.2, 0) is 0 Å². The lowest BCUT2D eigenvalue weighted by molar-refractivity contribution is 0.0964. The number of benzene rings is 1. The fraction of sp³-hybridized carbons (Fsp3) is 0.100. The molecule has 0 atom stereocenters. The highest BCUT2D eigenvalue weighted by atomic mass is 19.1. The molecule has 1 amide bonds. The lowest BCUT2D eigenvalue weighted by Crippen LogP contribution is -2.18. The molecule has 1 aromatic carbocycles. The largest absolute Gasteiger partial charge is 0.361 e. The van der Waals surface area contributed by atoms with Crippen molar-refractivity contribution in [1.82, 2.24) is 10.3 Å². The molecule has 3 nitrogen and oxygen atoms in total. The standard InChI is InChI=1S/C10H9FN2O/c1-12-10(14)8-4-6(11)5-9-7(8)2-3-13-9/h2-5,13H,1H3,(H,12,14). The second kappa shape index (κ2) is 3.14. The molecule has 2 aromatic rings. The molecule has 0 bridgehead atoms. The Hall–Kier alpha value is -1.84. The maximum absolute atomic E-state index is 13.1. The Morgan fingerprint density at radius 3 is 3.00 bits per heavy atom. The average molecular weight is 192 g/mol. The SMILES string of the molecule is CNC(=O)c1cc(F)cc2[nH]ccc12. The summed E-state index contributed by atoms with van der Waals surface area (Å²) in [6, 6.07) is 4.34. The van der Waals surface area contributed by atoms with Crippen molar-refractivity contribution < 1.29 is 9.18 Å². The van der Waals surface area contributed by atoms with E-state index in [0.717, 1.165) is 5.39 Å². The molecule has 4 heteroatoms. The molecule has 0 radical (unpaired) electrons. The molecule has 0 aliphatic rings. The van der Waals surface area contributed by atoms with Gasteiger partial charge in [0.25, 0.3) is 5.91 Å². The van der Waals surface area contributed by atoms with Gasteiger partial charge in [0, 0.05) is 24.1 Å². The topological polar surface area (TPSA) is 44.9 Å². The number of fused-ring (bicyclic) bond motifs is 1. The third-order valence-electron chi connectivity index (χ3n) is 2.11. The van der Waals surface area contributed by atoms with Gasteiger partial charge in [-0.05, 0) is 18.2 Å². The number of hydrogen-bond acceptors (Lipinski definition) is 1. The summed E-state index contributed by atoms with van der Waals surface area (Å²) in [5.74, 6) is -0.701. The van der Waals surface area contributed by atoms with E-state index in [1.165, 1.54) is 19.2 Å². The molecule has 0 aliphatic heterocycles. The van der Waals surface area contributed by atoms with Gasteiger partial charge in [0.05, 0.1) is 5.56 Å². The zero-order valence-electron chi connectivity index (χ0n) is 7.60. The van der Waals surface area contributed by atoms with Crippen LogP contribution in [0.5, 0.6) is 0 Å². The van der Waals surface area contributed by atoms with Gasteiger partial charge in [0.2, 0.25) is 0 Å². The smallest absolute Gasteiger partial charge is 0.251 e. The van der Waals surface area contributed by atoms with E-state index in [1.54, 1.807) is 12.3 Å². The highest BCUT2D eigenvalue weighted by molar-refractivity contribution is 6.06. The van der Waals surface area contributed by atoms with E-state index in [9.17, 15) is 9.18 Å². The Balaban J connectivity index is 2.72. The predicted molar refractivity (Wildman–Crippen MR) is 51.6 cm³/mol. The van der Waals surface area contributed by atoms with Crippen molar-refractivity contribution in [3.8, 4) is 0 Å². The third-order valence-corrected chi connectivity index (χ3v) is 2.11. The summed E-state index contributed by atoms with van der Waals surface area (Å²) in [4.78, 5) is 14.2. The van der Waals surface area contributed by atoms with Crippen LogP contribution >= 0.6 is 0 Å². The molecular formula is C10H9FN2O. The number of aromatic nitrogens is 1. The molecule has 72 valence electrons. The number of halogens is 1. The quantitative estimate of drug-likeness (QED) is 0.709. The van der Waals surface area contributed by atoms with Crippen molar-refractivity contribution in [2.75, 3.05) is 7.05 Å². The van der Waals surface area contributed by atoms with Gasteiger partial charge in [-0.25, -0.2) is 4.39 Å². The summed E-state index contributed by atoms with van der Waals surface area (Å²) >= 11 is 0. The molecule has 0 spiro atoms. The Morgan fingerprint density at radius 2 is 2.29 bits per heavy atom. The van der Waals surface area contributed by atoms with Crippen LogP contribution in [0.15, 0.2) is 24.4 Å². The maximum atomic E-state index is 13.1. The summed E-state index contributed by atoms with van der Waals surface area (Å²) in [5.41, 5.74) is 0.979.